The molecule has 0 fully saturated rings. The Labute approximate surface area is 186 Å². The van der Waals surface area contributed by atoms with Crippen LogP contribution in [0.1, 0.15) is 22.8 Å². The average molecular weight is 457 g/mol. The van der Waals surface area contributed by atoms with Crippen molar-refractivity contribution in [3.63, 3.8) is 0 Å². The molecule has 0 aromatic heterocycles. The second kappa shape index (κ2) is 8.24. The monoisotopic (exact) mass is 456 g/mol. The molecule has 4 rings (SSSR count). The predicted molar refractivity (Wildman–Crippen MR) is 122 cm³/mol. The summed E-state index contributed by atoms with van der Waals surface area (Å²) in [5.74, 6) is 0.160. The van der Waals surface area contributed by atoms with Crippen molar-refractivity contribution >= 4 is 38.9 Å². The summed E-state index contributed by atoms with van der Waals surface area (Å²) >= 11 is 6.04. The fraction of sp³-hybridized carbons (Fsp3) is 0.174. The highest BCUT2D eigenvalue weighted by molar-refractivity contribution is 7.92. The Balaban J connectivity index is 1.64. The van der Waals surface area contributed by atoms with Gasteiger partial charge in [0.15, 0.2) is 0 Å². The molecule has 1 aliphatic heterocycles. The van der Waals surface area contributed by atoms with Gasteiger partial charge in [-0.1, -0.05) is 29.8 Å². The van der Waals surface area contributed by atoms with Crippen LogP contribution in [-0.2, 0) is 16.4 Å². The lowest BCUT2D eigenvalue weighted by Crippen LogP contribution is -2.35. The molecule has 1 atom stereocenters. The highest BCUT2D eigenvalue weighted by Gasteiger charge is 2.36. The van der Waals surface area contributed by atoms with Crippen molar-refractivity contribution in [1.82, 2.24) is 0 Å². The number of rotatable bonds is 5. The van der Waals surface area contributed by atoms with Crippen molar-refractivity contribution in [2.24, 2.45) is 0 Å². The number of benzene rings is 3. The van der Waals surface area contributed by atoms with Gasteiger partial charge in [0.1, 0.15) is 5.75 Å². The number of methoxy groups -OCH3 is 1. The minimum absolute atomic E-state index is 0.240. The normalized spacial score (nSPS) is 15.5. The molecule has 0 spiro atoms. The quantitative estimate of drug-likeness (QED) is 0.601. The van der Waals surface area contributed by atoms with Crippen molar-refractivity contribution < 1.29 is 17.9 Å². The third kappa shape index (κ3) is 3.98. The molecule has 1 amide bonds. The van der Waals surface area contributed by atoms with Crippen molar-refractivity contribution in [2.75, 3.05) is 16.7 Å². The van der Waals surface area contributed by atoms with Crippen LogP contribution in [0.5, 0.6) is 5.75 Å². The summed E-state index contributed by atoms with van der Waals surface area (Å²) in [5, 5.41) is 3.28. The zero-order valence-corrected chi connectivity index (χ0v) is 18.6. The fourth-order valence-corrected chi connectivity index (χ4v) is 5.67. The van der Waals surface area contributed by atoms with Crippen molar-refractivity contribution in [1.29, 1.82) is 0 Å². The predicted octanol–water partition coefficient (Wildman–Crippen LogP) is 4.74. The molecule has 0 saturated heterocycles. The van der Waals surface area contributed by atoms with Crippen LogP contribution in [0.15, 0.2) is 71.6 Å². The average Bonchev–Trinajstić information content (AvgIpc) is 3.10. The standard InChI is InChI=1S/C23H21ClN2O4S/c1-15-12-17-13-16(23(27)25-20-14-18(24)9-11-22(20)30-2)8-10-21(17)26(15)31(28,29)19-6-4-3-5-7-19/h3-11,13-15H,12H2,1-2H3,(H,25,27)/t15-/m1/s1. The van der Waals surface area contributed by atoms with Crippen LogP contribution in [0.25, 0.3) is 0 Å². The fourth-order valence-electron chi connectivity index (χ4n) is 3.79. The topological polar surface area (TPSA) is 75.7 Å². The Bertz CT molecular complexity index is 1250. The summed E-state index contributed by atoms with van der Waals surface area (Å²) in [6.07, 6.45) is 0.517. The van der Waals surface area contributed by atoms with Crippen molar-refractivity contribution in [2.45, 2.75) is 24.3 Å². The molecule has 3 aromatic carbocycles. The Morgan fingerprint density at radius 3 is 2.55 bits per heavy atom. The molecule has 31 heavy (non-hydrogen) atoms. The van der Waals surface area contributed by atoms with Gasteiger partial charge in [0.25, 0.3) is 15.9 Å². The maximum Gasteiger partial charge on any atom is 0.264 e. The number of ether oxygens (including phenoxy) is 1. The molecule has 160 valence electrons. The van der Waals surface area contributed by atoms with Gasteiger partial charge in [-0.15, -0.1) is 0 Å². The molecule has 0 aliphatic carbocycles. The van der Waals surface area contributed by atoms with Gasteiger partial charge in [-0.05, 0) is 67.4 Å². The van der Waals surface area contributed by atoms with E-state index in [1.807, 2.05) is 6.92 Å². The van der Waals surface area contributed by atoms with Gasteiger partial charge in [0.05, 0.1) is 23.4 Å². The molecule has 0 bridgehead atoms. The zero-order valence-electron chi connectivity index (χ0n) is 17.0. The van der Waals surface area contributed by atoms with Gasteiger partial charge in [-0.3, -0.25) is 9.10 Å². The second-order valence-electron chi connectivity index (χ2n) is 7.31. The first-order chi connectivity index (χ1) is 14.8. The summed E-state index contributed by atoms with van der Waals surface area (Å²) in [5.41, 5.74) is 2.28. The number of halogens is 1. The number of nitrogens with zero attached hydrogens (tertiary/aromatic N) is 1. The van der Waals surface area contributed by atoms with E-state index < -0.39 is 10.0 Å². The molecule has 3 aromatic rings. The third-order valence-electron chi connectivity index (χ3n) is 5.20. The van der Waals surface area contributed by atoms with E-state index in [2.05, 4.69) is 5.32 Å². The Morgan fingerprint density at radius 1 is 1.10 bits per heavy atom. The minimum atomic E-state index is -3.70. The summed E-state index contributed by atoms with van der Waals surface area (Å²) in [6, 6.07) is 18.1. The summed E-state index contributed by atoms with van der Waals surface area (Å²) in [6.45, 7) is 1.86. The van der Waals surface area contributed by atoms with Gasteiger partial charge in [-0.25, -0.2) is 8.42 Å². The van der Waals surface area contributed by atoms with Crippen LogP contribution >= 0.6 is 11.6 Å². The lowest BCUT2D eigenvalue weighted by molar-refractivity contribution is 0.102. The smallest absolute Gasteiger partial charge is 0.264 e. The molecular weight excluding hydrogens is 436 g/mol. The van der Waals surface area contributed by atoms with Crippen molar-refractivity contribution in [3.05, 3.63) is 82.9 Å². The maximum absolute atomic E-state index is 13.2. The number of sulfonamides is 1. The number of carbonyl (C=O) groups is 1. The van der Waals surface area contributed by atoms with E-state index in [4.69, 9.17) is 16.3 Å². The number of nitrogens with one attached hydrogen (secondary N) is 1. The number of amides is 1. The first-order valence-electron chi connectivity index (χ1n) is 9.68. The number of carbonyl (C=O) groups excluding carboxylic acids is 1. The number of fused-ring (bicyclic) bond motifs is 1. The van der Waals surface area contributed by atoms with Crippen molar-refractivity contribution in [3.8, 4) is 5.75 Å². The molecule has 1 aliphatic rings. The Hall–Kier alpha value is -3.03. The molecular formula is C23H21ClN2O4S. The second-order valence-corrected chi connectivity index (χ2v) is 9.56. The van der Waals surface area contributed by atoms with Gasteiger partial charge < -0.3 is 10.1 Å². The van der Waals surface area contributed by atoms with E-state index >= 15 is 0 Å². The highest BCUT2D eigenvalue weighted by Crippen LogP contribution is 2.37. The van der Waals surface area contributed by atoms with Crippen LogP contribution < -0.4 is 14.4 Å². The van der Waals surface area contributed by atoms with Gasteiger partial charge in [-0.2, -0.15) is 0 Å². The zero-order chi connectivity index (χ0) is 22.2. The largest absolute Gasteiger partial charge is 0.495 e. The minimum Gasteiger partial charge on any atom is -0.495 e. The van der Waals surface area contributed by atoms with Gasteiger partial charge in [0, 0.05) is 16.6 Å². The molecule has 1 heterocycles. The Morgan fingerprint density at radius 2 is 1.84 bits per heavy atom. The molecule has 1 N–H and O–H groups in total. The highest BCUT2D eigenvalue weighted by atomic mass is 35.5. The van der Waals surface area contributed by atoms with Crippen LogP contribution in [-0.4, -0.2) is 27.5 Å². The molecule has 6 nitrogen and oxygen atoms in total. The van der Waals surface area contributed by atoms with E-state index in [0.717, 1.165) is 5.56 Å². The van der Waals surface area contributed by atoms with E-state index in [1.54, 1.807) is 66.7 Å². The number of anilines is 2. The van der Waals surface area contributed by atoms with E-state index in [0.29, 0.717) is 34.1 Å². The van der Waals surface area contributed by atoms with E-state index in [-0.39, 0.29) is 16.8 Å². The lowest BCUT2D eigenvalue weighted by Gasteiger charge is -2.24. The maximum atomic E-state index is 13.2. The summed E-state index contributed by atoms with van der Waals surface area (Å²) < 4.78 is 33.1. The van der Waals surface area contributed by atoms with Gasteiger partial charge in [0.2, 0.25) is 0 Å². The van der Waals surface area contributed by atoms with Crippen LogP contribution in [0.3, 0.4) is 0 Å². The van der Waals surface area contributed by atoms with Crippen LogP contribution in [0.4, 0.5) is 11.4 Å². The van der Waals surface area contributed by atoms with Crippen LogP contribution in [0.2, 0.25) is 5.02 Å². The first kappa shape index (κ1) is 21.2. The molecule has 0 radical (unpaired) electrons. The third-order valence-corrected chi connectivity index (χ3v) is 7.38. The molecule has 0 saturated carbocycles. The molecule has 8 heteroatoms. The van der Waals surface area contributed by atoms with Crippen LogP contribution in [0, 0.1) is 0 Å². The number of hydrogen-bond donors (Lipinski definition) is 1. The molecule has 0 unspecified atom stereocenters. The summed E-state index contributed by atoms with van der Waals surface area (Å²) in [4.78, 5) is 13.1. The number of hydrogen-bond acceptors (Lipinski definition) is 4. The van der Waals surface area contributed by atoms with E-state index in [9.17, 15) is 13.2 Å². The first-order valence-corrected chi connectivity index (χ1v) is 11.5. The lowest BCUT2D eigenvalue weighted by atomic mass is 10.1. The van der Waals surface area contributed by atoms with Gasteiger partial charge >= 0.3 is 0 Å². The Kier molecular flexibility index (Phi) is 5.64. The SMILES string of the molecule is COc1ccc(Cl)cc1NC(=O)c1ccc2c(c1)C[C@@H](C)N2S(=O)(=O)c1ccccc1. The van der Waals surface area contributed by atoms with E-state index in [1.165, 1.54) is 11.4 Å². The summed E-state index contributed by atoms with van der Waals surface area (Å²) in [7, 11) is -2.18.